The number of rotatable bonds is 3. The van der Waals surface area contributed by atoms with Crippen LogP contribution < -0.4 is 0 Å². The van der Waals surface area contributed by atoms with Gasteiger partial charge in [-0.05, 0) is 100 Å². The Balaban J connectivity index is 1.59. The quantitative estimate of drug-likeness (QED) is 0.495. The molecule has 4 rings (SSSR count). The van der Waals surface area contributed by atoms with Crippen LogP contribution in [0.5, 0.6) is 0 Å². The molecule has 7 atom stereocenters. The highest BCUT2D eigenvalue weighted by Crippen LogP contribution is 2.65. The number of fused-ring (bicyclic) bond motifs is 5. The summed E-state index contributed by atoms with van der Waals surface area (Å²) in [4.78, 5) is 0. The average molecular weight is 395 g/mol. The van der Waals surface area contributed by atoms with Crippen molar-refractivity contribution < 1.29 is 5.11 Å². The van der Waals surface area contributed by atoms with Gasteiger partial charge in [0.25, 0.3) is 0 Å². The van der Waals surface area contributed by atoms with Gasteiger partial charge in [0.15, 0.2) is 0 Å². The van der Waals surface area contributed by atoms with Crippen LogP contribution in [0.1, 0.15) is 86.5 Å². The minimum Gasteiger partial charge on any atom is -0.393 e. The molecule has 0 aromatic rings. The molecular weight excluding hydrogens is 352 g/mol. The predicted octanol–water partition coefficient (Wildman–Crippen LogP) is 7.40. The summed E-state index contributed by atoms with van der Waals surface area (Å²) in [5.74, 6) is 2.91. The van der Waals surface area contributed by atoms with Crippen LogP contribution in [0, 0.1) is 34.5 Å². The van der Waals surface area contributed by atoms with Gasteiger partial charge in [0.2, 0.25) is 0 Å². The van der Waals surface area contributed by atoms with Crippen molar-refractivity contribution in [3.05, 3.63) is 46.6 Å². The van der Waals surface area contributed by atoms with Gasteiger partial charge in [-0.1, -0.05) is 67.4 Å². The monoisotopic (exact) mass is 394 g/mol. The van der Waals surface area contributed by atoms with Crippen molar-refractivity contribution >= 4 is 0 Å². The molecule has 3 fully saturated rings. The van der Waals surface area contributed by atoms with Gasteiger partial charge >= 0.3 is 0 Å². The molecule has 1 heteroatoms. The number of aliphatic hydroxyl groups is 1. The smallest absolute Gasteiger partial charge is 0.0578 e. The number of aliphatic hydroxyl groups excluding tert-OH is 1. The average Bonchev–Trinajstić information content (AvgIpc) is 3.03. The molecule has 0 saturated heterocycles. The zero-order valence-corrected chi connectivity index (χ0v) is 19.6. The minimum absolute atomic E-state index is 0.120. The Morgan fingerprint density at radius 3 is 2.52 bits per heavy atom. The van der Waals surface area contributed by atoms with Crippen molar-refractivity contribution in [2.24, 2.45) is 34.5 Å². The summed E-state index contributed by atoms with van der Waals surface area (Å²) in [6.45, 7) is 14.2. The first-order chi connectivity index (χ1) is 13.7. The third-order valence-electron chi connectivity index (χ3n) is 9.69. The second-order valence-corrected chi connectivity index (χ2v) is 11.4. The predicted molar refractivity (Wildman–Crippen MR) is 124 cm³/mol. The molecule has 0 aliphatic heterocycles. The molecule has 0 bridgehead atoms. The van der Waals surface area contributed by atoms with Gasteiger partial charge in [0, 0.05) is 0 Å². The second-order valence-electron chi connectivity index (χ2n) is 11.4. The van der Waals surface area contributed by atoms with Crippen LogP contribution in [0.2, 0.25) is 0 Å². The summed E-state index contributed by atoms with van der Waals surface area (Å²) in [6.07, 6.45) is 18.1. The standard InChI is InChI=1S/C28H42O/c1-18(2)19(3)7-8-20(4)24-11-12-25-23-10-9-21-17-22(29)13-15-27(21,5)26(23)14-16-28(24,25)6/h7-10,20,22,24-26,29H,11-17H2,1-6H3/b8-7+/t20-,22+,24-,25+,26+,27+,28-/m1/s1. The van der Waals surface area contributed by atoms with Crippen LogP contribution in [0.15, 0.2) is 46.6 Å². The van der Waals surface area contributed by atoms with Gasteiger partial charge in [-0.25, -0.2) is 0 Å². The van der Waals surface area contributed by atoms with Crippen molar-refractivity contribution in [1.82, 2.24) is 0 Å². The van der Waals surface area contributed by atoms with Crippen LogP contribution in [-0.2, 0) is 0 Å². The van der Waals surface area contributed by atoms with Crippen molar-refractivity contribution in [3.63, 3.8) is 0 Å². The van der Waals surface area contributed by atoms with Gasteiger partial charge in [-0.3, -0.25) is 0 Å². The molecular formula is C28H42O. The Bertz CT molecular complexity index is 776. The molecule has 4 aliphatic carbocycles. The lowest BCUT2D eigenvalue weighted by molar-refractivity contribution is 0.0383. The lowest BCUT2D eigenvalue weighted by atomic mass is 9.50. The lowest BCUT2D eigenvalue weighted by Gasteiger charge is -2.55. The molecule has 0 aromatic carbocycles. The molecule has 3 saturated carbocycles. The van der Waals surface area contributed by atoms with Gasteiger partial charge in [-0.15, -0.1) is 0 Å². The highest BCUT2D eigenvalue weighted by molar-refractivity contribution is 5.39. The largest absolute Gasteiger partial charge is 0.393 e. The summed E-state index contributed by atoms with van der Waals surface area (Å²) >= 11 is 0. The minimum atomic E-state index is -0.120. The van der Waals surface area contributed by atoms with Crippen LogP contribution in [0.4, 0.5) is 0 Å². The number of allylic oxidation sites excluding steroid dienone is 7. The summed E-state index contributed by atoms with van der Waals surface area (Å²) in [7, 11) is 0. The van der Waals surface area contributed by atoms with Gasteiger partial charge in [0.05, 0.1) is 6.10 Å². The fourth-order valence-electron chi connectivity index (χ4n) is 7.48. The Kier molecular flexibility index (Phi) is 5.52. The fourth-order valence-corrected chi connectivity index (χ4v) is 7.48. The zero-order valence-electron chi connectivity index (χ0n) is 19.6. The van der Waals surface area contributed by atoms with E-state index in [0.29, 0.717) is 22.7 Å². The first-order valence-corrected chi connectivity index (χ1v) is 12.1. The van der Waals surface area contributed by atoms with E-state index < -0.39 is 0 Å². The van der Waals surface area contributed by atoms with Crippen LogP contribution in [0.25, 0.3) is 0 Å². The lowest BCUT2D eigenvalue weighted by Crippen LogP contribution is -2.46. The molecule has 0 radical (unpaired) electrons. The Hall–Kier alpha value is -1.08. The summed E-state index contributed by atoms with van der Waals surface area (Å²) in [5.41, 5.74) is 6.87. The SMILES string of the molecule is CC(C)=C(C)/C=C/[C@@H](C)[C@H]1CC[C@H]2C3=CC=C4C[C@@H](O)CC[C@]4(C)[C@H]3CC[C@]12C. The molecule has 4 aliphatic rings. The van der Waals surface area contributed by atoms with E-state index in [4.69, 9.17) is 0 Å². The Morgan fingerprint density at radius 2 is 1.79 bits per heavy atom. The topological polar surface area (TPSA) is 20.2 Å². The third kappa shape index (κ3) is 3.42. The first kappa shape index (κ1) is 21.2. The maximum absolute atomic E-state index is 10.2. The van der Waals surface area contributed by atoms with Gasteiger partial charge in [0.1, 0.15) is 0 Å². The van der Waals surface area contributed by atoms with Gasteiger partial charge in [-0.2, -0.15) is 0 Å². The highest BCUT2D eigenvalue weighted by Gasteiger charge is 2.56. The Morgan fingerprint density at radius 1 is 1.03 bits per heavy atom. The van der Waals surface area contributed by atoms with Crippen LogP contribution in [-0.4, -0.2) is 11.2 Å². The molecule has 160 valence electrons. The Labute approximate surface area is 179 Å². The molecule has 1 N–H and O–H groups in total. The van der Waals surface area contributed by atoms with E-state index in [2.05, 4.69) is 65.8 Å². The molecule has 0 heterocycles. The van der Waals surface area contributed by atoms with E-state index in [1.807, 2.05) is 0 Å². The van der Waals surface area contributed by atoms with E-state index >= 15 is 0 Å². The number of hydrogen-bond donors (Lipinski definition) is 1. The second kappa shape index (κ2) is 7.56. The summed E-state index contributed by atoms with van der Waals surface area (Å²) < 4.78 is 0. The van der Waals surface area contributed by atoms with E-state index in [1.54, 1.807) is 5.57 Å². The van der Waals surface area contributed by atoms with E-state index in [-0.39, 0.29) is 6.10 Å². The molecule has 1 nitrogen and oxygen atoms in total. The van der Waals surface area contributed by atoms with E-state index in [1.165, 1.54) is 42.4 Å². The first-order valence-electron chi connectivity index (χ1n) is 12.1. The van der Waals surface area contributed by atoms with Gasteiger partial charge < -0.3 is 5.11 Å². The summed E-state index contributed by atoms with van der Waals surface area (Å²) in [6, 6.07) is 0. The van der Waals surface area contributed by atoms with E-state index in [0.717, 1.165) is 31.1 Å². The maximum atomic E-state index is 10.2. The fraction of sp³-hybridized carbons (Fsp3) is 0.714. The van der Waals surface area contributed by atoms with Crippen LogP contribution in [0.3, 0.4) is 0 Å². The molecule has 0 spiro atoms. The van der Waals surface area contributed by atoms with Crippen molar-refractivity contribution in [1.29, 1.82) is 0 Å². The van der Waals surface area contributed by atoms with Crippen molar-refractivity contribution in [2.75, 3.05) is 0 Å². The van der Waals surface area contributed by atoms with Crippen molar-refractivity contribution in [3.8, 4) is 0 Å². The number of hydrogen-bond acceptors (Lipinski definition) is 1. The van der Waals surface area contributed by atoms with Crippen LogP contribution >= 0.6 is 0 Å². The highest BCUT2D eigenvalue weighted by atomic mass is 16.3. The molecule has 0 amide bonds. The third-order valence-corrected chi connectivity index (χ3v) is 9.69. The normalized spacial score (nSPS) is 42.4. The zero-order chi connectivity index (χ0) is 21.0. The molecule has 0 unspecified atom stereocenters. The van der Waals surface area contributed by atoms with Crippen molar-refractivity contribution in [2.45, 2.75) is 92.6 Å². The molecule has 0 aromatic heterocycles. The summed E-state index contributed by atoms with van der Waals surface area (Å²) in [5, 5.41) is 10.2. The van der Waals surface area contributed by atoms with E-state index in [9.17, 15) is 5.11 Å². The maximum Gasteiger partial charge on any atom is 0.0578 e. The molecule has 29 heavy (non-hydrogen) atoms.